The normalized spacial score (nSPS) is 21.8. The number of nitrogens with zero attached hydrogens (tertiary/aromatic N) is 2. The number of carbonyl (C=O) groups is 1. The molecule has 1 saturated carbocycles. The van der Waals surface area contributed by atoms with Crippen LogP contribution >= 0.6 is 0 Å². The van der Waals surface area contributed by atoms with Crippen molar-refractivity contribution in [2.75, 3.05) is 6.61 Å². The zero-order chi connectivity index (χ0) is 21.2. The van der Waals surface area contributed by atoms with E-state index in [9.17, 15) is 9.18 Å². The molecular formula is C24H21FN2O4. The van der Waals surface area contributed by atoms with E-state index >= 15 is 0 Å². The molecule has 0 radical (unpaired) electrons. The first kappa shape index (κ1) is 19.4. The van der Waals surface area contributed by atoms with Crippen molar-refractivity contribution >= 4 is 17.7 Å². The van der Waals surface area contributed by atoms with Gasteiger partial charge in [-0.2, -0.15) is 5.10 Å². The smallest absolute Gasteiger partial charge is 0.281 e. The fraction of sp³-hybridized carbons (Fsp3) is 0.250. The van der Waals surface area contributed by atoms with Crippen molar-refractivity contribution in [3.8, 4) is 5.75 Å². The van der Waals surface area contributed by atoms with Crippen LogP contribution in [0.1, 0.15) is 36.8 Å². The maximum absolute atomic E-state index is 13.9. The van der Waals surface area contributed by atoms with Gasteiger partial charge in [0.25, 0.3) is 5.91 Å². The molecule has 7 heteroatoms. The summed E-state index contributed by atoms with van der Waals surface area (Å²) in [6, 6.07) is 13.0. The summed E-state index contributed by atoms with van der Waals surface area (Å²) in [4.78, 5) is 13.1. The van der Waals surface area contributed by atoms with Gasteiger partial charge in [-0.25, -0.2) is 9.40 Å². The van der Waals surface area contributed by atoms with Gasteiger partial charge >= 0.3 is 0 Å². The van der Waals surface area contributed by atoms with Gasteiger partial charge in [0, 0.05) is 5.92 Å². The van der Waals surface area contributed by atoms with E-state index in [1.54, 1.807) is 30.7 Å². The predicted molar refractivity (Wildman–Crippen MR) is 112 cm³/mol. The predicted octanol–water partition coefficient (Wildman–Crippen LogP) is 5.21. The molecule has 1 fully saturated rings. The van der Waals surface area contributed by atoms with E-state index in [4.69, 9.17) is 18.7 Å². The average molecular weight is 420 g/mol. The largest absolute Gasteiger partial charge is 0.481 e. The Morgan fingerprint density at radius 2 is 2.00 bits per heavy atom. The third-order valence-electron chi connectivity index (χ3n) is 5.64. The molecule has 1 aliphatic carbocycles. The van der Waals surface area contributed by atoms with E-state index in [1.807, 2.05) is 24.3 Å². The average Bonchev–Trinajstić information content (AvgIpc) is 3.53. The molecular weight excluding hydrogens is 399 g/mol. The molecule has 2 atom stereocenters. The molecule has 2 aliphatic rings. The minimum absolute atomic E-state index is 0.0125. The van der Waals surface area contributed by atoms with Gasteiger partial charge in [0.1, 0.15) is 17.6 Å². The number of para-hydroxylation sites is 1. The summed E-state index contributed by atoms with van der Waals surface area (Å²) in [6.45, 7) is -0.321. The fourth-order valence-electron chi connectivity index (χ4n) is 4.26. The van der Waals surface area contributed by atoms with Crippen LogP contribution in [0.2, 0.25) is 0 Å². The number of carbonyl (C=O) groups excluding carboxylic acids is 1. The van der Waals surface area contributed by atoms with Crippen molar-refractivity contribution in [3.05, 3.63) is 84.0 Å². The Kier molecular flexibility index (Phi) is 5.16. The SMILES string of the molecule is O=C(COc1ccccc1F)N1N=C2/C(=C\c3ccco3)CCC[C@@H]2[C@@H]1c1ccco1. The van der Waals surface area contributed by atoms with Crippen molar-refractivity contribution in [1.29, 1.82) is 0 Å². The van der Waals surface area contributed by atoms with Crippen LogP contribution in [0.25, 0.3) is 6.08 Å². The van der Waals surface area contributed by atoms with Crippen LogP contribution in [0.4, 0.5) is 4.39 Å². The van der Waals surface area contributed by atoms with Crippen LogP contribution < -0.4 is 4.74 Å². The second kappa shape index (κ2) is 8.26. The Hall–Kier alpha value is -3.61. The molecule has 6 nitrogen and oxygen atoms in total. The maximum Gasteiger partial charge on any atom is 0.281 e. The van der Waals surface area contributed by atoms with Crippen molar-refractivity contribution in [2.24, 2.45) is 11.0 Å². The number of amides is 1. The first-order valence-electron chi connectivity index (χ1n) is 10.3. The Bertz CT molecular complexity index is 1120. The van der Waals surface area contributed by atoms with Gasteiger partial charge in [0.05, 0.1) is 18.2 Å². The number of ether oxygens (including phenoxy) is 1. The van der Waals surface area contributed by atoms with E-state index in [2.05, 4.69) is 0 Å². The van der Waals surface area contributed by atoms with Gasteiger partial charge in [-0.3, -0.25) is 4.79 Å². The first-order chi connectivity index (χ1) is 15.2. The van der Waals surface area contributed by atoms with Crippen molar-refractivity contribution < 1.29 is 22.8 Å². The molecule has 0 unspecified atom stereocenters. The van der Waals surface area contributed by atoms with Gasteiger partial charge < -0.3 is 13.6 Å². The number of hydrogen-bond acceptors (Lipinski definition) is 5. The van der Waals surface area contributed by atoms with E-state index in [1.165, 1.54) is 17.1 Å². The number of furan rings is 2. The summed E-state index contributed by atoms with van der Waals surface area (Å²) in [6.07, 6.45) is 7.92. The minimum Gasteiger partial charge on any atom is -0.481 e. The number of allylic oxidation sites excluding steroid dienone is 1. The molecule has 1 aliphatic heterocycles. The van der Waals surface area contributed by atoms with Crippen LogP contribution in [0.5, 0.6) is 5.75 Å². The van der Waals surface area contributed by atoms with E-state index in [0.717, 1.165) is 36.3 Å². The highest BCUT2D eigenvalue weighted by atomic mass is 19.1. The highest BCUT2D eigenvalue weighted by molar-refractivity contribution is 6.08. The monoisotopic (exact) mass is 420 g/mol. The summed E-state index contributed by atoms with van der Waals surface area (Å²) in [7, 11) is 0. The van der Waals surface area contributed by atoms with Crippen LogP contribution in [-0.4, -0.2) is 23.2 Å². The molecule has 0 bridgehead atoms. The van der Waals surface area contributed by atoms with Crippen LogP contribution in [0, 0.1) is 11.7 Å². The van der Waals surface area contributed by atoms with E-state index in [0.29, 0.717) is 5.76 Å². The van der Waals surface area contributed by atoms with Gasteiger partial charge in [-0.05, 0) is 67.3 Å². The number of benzene rings is 1. The Balaban J connectivity index is 1.44. The van der Waals surface area contributed by atoms with E-state index in [-0.39, 0.29) is 30.2 Å². The second-order valence-electron chi connectivity index (χ2n) is 7.59. The van der Waals surface area contributed by atoms with Gasteiger partial charge in [0.2, 0.25) is 0 Å². The molecule has 0 saturated heterocycles. The molecule has 5 rings (SSSR count). The van der Waals surface area contributed by atoms with Crippen LogP contribution in [0.15, 0.2) is 80.6 Å². The van der Waals surface area contributed by atoms with Crippen LogP contribution in [0.3, 0.4) is 0 Å². The molecule has 0 N–H and O–H groups in total. The molecule has 158 valence electrons. The van der Waals surface area contributed by atoms with Crippen molar-refractivity contribution in [2.45, 2.75) is 25.3 Å². The lowest BCUT2D eigenvalue weighted by molar-refractivity contribution is -0.136. The lowest BCUT2D eigenvalue weighted by Gasteiger charge is -2.27. The molecule has 1 aromatic carbocycles. The molecule has 2 aromatic heterocycles. The summed E-state index contributed by atoms with van der Waals surface area (Å²) in [5.74, 6) is 0.598. The number of hydrogen-bond donors (Lipinski definition) is 0. The molecule has 3 heterocycles. The quantitative estimate of drug-likeness (QED) is 0.568. The molecule has 31 heavy (non-hydrogen) atoms. The zero-order valence-corrected chi connectivity index (χ0v) is 16.7. The third-order valence-corrected chi connectivity index (χ3v) is 5.64. The maximum atomic E-state index is 13.9. The lowest BCUT2D eigenvalue weighted by Crippen LogP contribution is -2.34. The highest BCUT2D eigenvalue weighted by Gasteiger charge is 2.45. The van der Waals surface area contributed by atoms with Gasteiger partial charge in [-0.15, -0.1) is 0 Å². The topological polar surface area (TPSA) is 68.2 Å². The van der Waals surface area contributed by atoms with Gasteiger partial charge in [0.15, 0.2) is 18.2 Å². The van der Waals surface area contributed by atoms with E-state index < -0.39 is 5.82 Å². The zero-order valence-electron chi connectivity index (χ0n) is 16.7. The molecule has 3 aromatic rings. The summed E-state index contributed by atoms with van der Waals surface area (Å²) >= 11 is 0. The highest BCUT2D eigenvalue weighted by Crippen LogP contribution is 2.44. The first-order valence-corrected chi connectivity index (χ1v) is 10.3. The Labute approximate surface area is 178 Å². The summed E-state index contributed by atoms with van der Waals surface area (Å²) in [5.41, 5.74) is 1.91. The third kappa shape index (κ3) is 3.79. The summed E-state index contributed by atoms with van der Waals surface area (Å²) in [5, 5.41) is 6.13. The standard InChI is InChI=1S/C24H21FN2O4/c25-19-9-1-2-10-20(19)31-15-22(28)27-24(21-11-5-13-30-21)18-8-3-6-16(23(18)26-27)14-17-7-4-12-29-17/h1-2,4-5,7,9-14,18,24H,3,6,8,15H2/b16-14-/t18-,24+/m0/s1. The second-order valence-corrected chi connectivity index (χ2v) is 7.59. The number of fused-ring (bicyclic) bond motifs is 1. The Morgan fingerprint density at radius 3 is 2.77 bits per heavy atom. The van der Waals surface area contributed by atoms with Crippen molar-refractivity contribution in [3.63, 3.8) is 0 Å². The Morgan fingerprint density at radius 1 is 1.16 bits per heavy atom. The number of hydrazone groups is 1. The van der Waals surface area contributed by atoms with Gasteiger partial charge in [-0.1, -0.05) is 12.1 Å². The minimum atomic E-state index is -0.511. The lowest BCUT2D eigenvalue weighted by atomic mass is 9.79. The molecule has 0 spiro atoms. The number of halogens is 1. The van der Waals surface area contributed by atoms with Crippen molar-refractivity contribution in [1.82, 2.24) is 5.01 Å². The molecule has 1 amide bonds. The number of rotatable bonds is 5. The fourth-order valence-corrected chi connectivity index (χ4v) is 4.26. The summed E-state index contributed by atoms with van der Waals surface area (Å²) < 4.78 is 30.5. The van der Waals surface area contributed by atoms with Crippen LogP contribution in [-0.2, 0) is 4.79 Å².